The first kappa shape index (κ1) is 21.8. The Morgan fingerprint density at radius 2 is 1.97 bits per heavy atom. The number of sulfonamides is 1. The van der Waals surface area contributed by atoms with Crippen LogP contribution in [0.5, 0.6) is 17.2 Å². The van der Waals surface area contributed by atoms with Gasteiger partial charge in [0.2, 0.25) is 22.7 Å². The molecule has 9 heteroatoms. The van der Waals surface area contributed by atoms with Crippen LogP contribution in [0.15, 0.2) is 42.5 Å². The Balaban J connectivity index is 1.52. The monoisotopic (exact) mass is 434 g/mol. The van der Waals surface area contributed by atoms with Gasteiger partial charge in [-0.1, -0.05) is 12.1 Å². The quantitative estimate of drug-likeness (QED) is 0.618. The third-order valence-electron chi connectivity index (χ3n) is 4.51. The molecule has 0 aromatic heterocycles. The molecule has 30 heavy (non-hydrogen) atoms. The highest BCUT2D eigenvalue weighted by Gasteiger charge is 2.21. The van der Waals surface area contributed by atoms with Gasteiger partial charge in [-0.05, 0) is 43.2 Å². The summed E-state index contributed by atoms with van der Waals surface area (Å²) < 4.78 is 41.8. The predicted molar refractivity (Wildman–Crippen MR) is 113 cm³/mol. The summed E-state index contributed by atoms with van der Waals surface area (Å²) in [5.41, 5.74) is 1.42. The van der Waals surface area contributed by atoms with Gasteiger partial charge in [0, 0.05) is 25.6 Å². The van der Waals surface area contributed by atoms with Crippen molar-refractivity contribution in [2.24, 2.45) is 0 Å². The minimum atomic E-state index is -3.51. The summed E-state index contributed by atoms with van der Waals surface area (Å²) in [4.78, 5) is 12.2. The molecular weight excluding hydrogens is 408 g/mol. The van der Waals surface area contributed by atoms with Crippen LogP contribution in [-0.4, -0.2) is 40.5 Å². The van der Waals surface area contributed by atoms with Gasteiger partial charge in [0.25, 0.3) is 0 Å². The number of carbonyl (C=O) groups is 1. The molecule has 0 spiro atoms. The van der Waals surface area contributed by atoms with E-state index in [9.17, 15) is 13.2 Å². The van der Waals surface area contributed by atoms with Crippen molar-refractivity contribution in [1.29, 1.82) is 0 Å². The maximum Gasteiger partial charge on any atom is 0.232 e. The summed E-state index contributed by atoms with van der Waals surface area (Å²) in [5, 5.41) is 2.86. The van der Waals surface area contributed by atoms with Gasteiger partial charge in [-0.15, -0.1) is 0 Å². The fourth-order valence-corrected chi connectivity index (χ4v) is 4.07. The molecule has 1 heterocycles. The molecule has 0 saturated carbocycles. The van der Waals surface area contributed by atoms with Crippen LogP contribution in [0.3, 0.4) is 0 Å². The van der Waals surface area contributed by atoms with E-state index in [4.69, 9.17) is 14.2 Å². The van der Waals surface area contributed by atoms with Gasteiger partial charge < -0.3 is 19.5 Å². The van der Waals surface area contributed by atoms with Crippen molar-refractivity contribution in [2.45, 2.75) is 26.3 Å². The van der Waals surface area contributed by atoms with Crippen LogP contribution >= 0.6 is 0 Å². The second kappa shape index (κ2) is 9.71. The van der Waals surface area contributed by atoms with Crippen molar-refractivity contribution < 1.29 is 27.4 Å². The summed E-state index contributed by atoms with van der Waals surface area (Å²) in [6.07, 6.45) is 1.73. The molecule has 2 aromatic rings. The molecule has 0 aliphatic carbocycles. The first-order valence-corrected chi connectivity index (χ1v) is 11.6. The maximum absolute atomic E-state index is 12.2. The van der Waals surface area contributed by atoms with Crippen molar-refractivity contribution >= 4 is 21.6 Å². The summed E-state index contributed by atoms with van der Waals surface area (Å²) in [5.74, 6) is 1.71. The highest BCUT2D eigenvalue weighted by Crippen LogP contribution is 2.36. The third kappa shape index (κ3) is 5.79. The highest BCUT2D eigenvalue weighted by atomic mass is 32.2. The maximum atomic E-state index is 12.2. The van der Waals surface area contributed by atoms with E-state index >= 15 is 0 Å². The normalized spacial score (nSPS) is 12.5. The average Bonchev–Trinajstić information content (AvgIpc) is 3.17. The molecule has 0 bridgehead atoms. The van der Waals surface area contributed by atoms with Crippen LogP contribution in [-0.2, 0) is 21.4 Å². The first-order valence-electron chi connectivity index (χ1n) is 9.72. The number of ether oxygens (including phenoxy) is 3. The molecule has 1 N–H and O–H groups in total. The fraction of sp³-hybridized carbons (Fsp3) is 0.381. The largest absolute Gasteiger partial charge is 0.494 e. The Hall–Kier alpha value is -2.94. The highest BCUT2D eigenvalue weighted by molar-refractivity contribution is 7.92. The molecule has 3 rings (SSSR count). The van der Waals surface area contributed by atoms with E-state index in [-0.39, 0.29) is 25.7 Å². The van der Waals surface area contributed by atoms with Crippen LogP contribution in [0.4, 0.5) is 5.69 Å². The SMILES string of the molecule is CCOc1cccc(CNC(=O)CCCN(c2ccc3c(c2)OCO3)S(C)(=O)=O)c1. The molecule has 0 unspecified atom stereocenters. The number of benzene rings is 2. The number of rotatable bonds is 10. The molecule has 2 aromatic carbocycles. The van der Waals surface area contributed by atoms with Gasteiger partial charge in [-0.25, -0.2) is 8.42 Å². The molecule has 0 saturated heterocycles. The van der Waals surface area contributed by atoms with Crippen molar-refractivity contribution in [2.75, 3.05) is 30.5 Å². The molecule has 1 aliphatic rings. The summed E-state index contributed by atoms with van der Waals surface area (Å²) in [6, 6.07) is 12.5. The third-order valence-corrected chi connectivity index (χ3v) is 5.70. The lowest BCUT2D eigenvalue weighted by molar-refractivity contribution is -0.121. The van der Waals surface area contributed by atoms with Gasteiger partial charge >= 0.3 is 0 Å². The van der Waals surface area contributed by atoms with E-state index < -0.39 is 10.0 Å². The van der Waals surface area contributed by atoms with Gasteiger partial charge in [-0.3, -0.25) is 9.10 Å². The Morgan fingerprint density at radius 3 is 2.73 bits per heavy atom. The molecule has 0 atom stereocenters. The molecule has 8 nitrogen and oxygen atoms in total. The molecular formula is C21H26N2O6S. The summed E-state index contributed by atoms with van der Waals surface area (Å²) in [7, 11) is -3.51. The van der Waals surface area contributed by atoms with E-state index in [0.717, 1.165) is 17.6 Å². The van der Waals surface area contributed by atoms with E-state index in [1.807, 2.05) is 31.2 Å². The predicted octanol–water partition coefficient (Wildman–Crippen LogP) is 2.68. The lowest BCUT2D eigenvalue weighted by Gasteiger charge is -2.22. The second-order valence-corrected chi connectivity index (χ2v) is 8.74. The standard InChI is InChI=1S/C21H26N2O6S/c1-3-27-18-7-4-6-16(12-18)14-22-21(24)8-5-11-23(30(2,25)26)17-9-10-19-20(13-17)29-15-28-19/h4,6-7,9-10,12-13H,3,5,8,11,14-15H2,1-2H3,(H,22,24). The minimum Gasteiger partial charge on any atom is -0.494 e. The van der Waals surface area contributed by atoms with Crippen molar-refractivity contribution in [3.8, 4) is 17.2 Å². The van der Waals surface area contributed by atoms with Gasteiger partial charge in [0.15, 0.2) is 11.5 Å². The van der Waals surface area contributed by atoms with Gasteiger partial charge in [0.05, 0.1) is 18.6 Å². The van der Waals surface area contributed by atoms with Crippen LogP contribution < -0.4 is 23.8 Å². The number of carbonyl (C=O) groups excluding carboxylic acids is 1. The number of hydrogen-bond acceptors (Lipinski definition) is 6. The van der Waals surface area contributed by atoms with Crippen LogP contribution in [0.2, 0.25) is 0 Å². The zero-order valence-electron chi connectivity index (χ0n) is 17.1. The van der Waals surface area contributed by atoms with Crippen molar-refractivity contribution in [3.05, 3.63) is 48.0 Å². The molecule has 162 valence electrons. The Kier molecular flexibility index (Phi) is 7.04. The van der Waals surface area contributed by atoms with E-state index in [0.29, 0.717) is 36.8 Å². The Bertz CT molecular complexity index is 993. The zero-order valence-corrected chi connectivity index (χ0v) is 17.9. The minimum absolute atomic E-state index is 0.116. The van der Waals surface area contributed by atoms with Gasteiger partial charge in [0.1, 0.15) is 5.75 Å². The smallest absolute Gasteiger partial charge is 0.232 e. The second-order valence-electron chi connectivity index (χ2n) is 6.83. The average molecular weight is 435 g/mol. The summed E-state index contributed by atoms with van der Waals surface area (Å²) in [6.45, 7) is 3.18. The zero-order chi connectivity index (χ0) is 21.6. The van der Waals surface area contributed by atoms with Crippen LogP contribution in [0.25, 0.3) is 0 Å². The molecule has 1 aliphatic heterocycles. The molecule has 0 radical (unpaired) electrons. The van der Waals surface area contributed by atoms with Crippen molar-refractivity contribution in [1.82, 2.24) is 5.32 Å². The van der Waals surface area contributed by atoms with E-state index in [1.165, 1.54) is 4.31 Å². The number of fused-ring (bicyclic) bond motifs is 1. The first-order chi connectivity index (χ1) is 14.4. The Morgan fingerprint density at radius 1 is 1.17 bits per heavy atom. The van der Waals surface area contributed by atoms with Gasteiger partial charge in [-0.2, -0.15) is 0 Å². The lowest BCUT2D eigenvalue weighted by Crippen LogP contribution is -2.32. The fourth-order valence-electron chi connectivity index (χ4n) is 3.11. The van der Waals surface area contributed by atoms with Crippen LogP contribution in [0.1, 0.15) is 25.3 Å². The number of nitrogens with one attached hydrogen (secondary N) is 1. The number of amides is 1. The number of anilines is 1. The molecule has 0 fully saturated rings. The Labute approximate surface area is 176 Å². The molecule has 1 amide bonds. The van der Waals surface area contributed by atoms with E-state index in [1.54, 1.807) is 18.2 Å². The number of nitrogens with zero attached hydrogens (tertiary/aromatic N) is 1. The van der Waals surface area contributed by atoms with Crippen LogP contribution in [0, 0.1) is 0 Å². The number of hydrogen-bond donors (Lipinski definition) is 1. The van der Waals surface area contributed by atoms with Crippen molar-refractivity contribution in [3.63, 3.8) is 0 Å². The van der Waals surface area contributed by atoms with E-state index in [2.05, 4.69) is 5.32 Å². The summed E-state index contributed by atoms with van der Waals surface area (Å²) >= 11 is 0. The lowest BCUT2D eigenvalue weighted by atomic mass is 10.2. The topological polar surface area (TPSA) is 94.2 Å².